The van der Waals surface area contributed by atoms with Gasteiger partial charge in [-0.05, 0) is 13.8 Å². The fourth-order valence-corrected chi connectivity index (χ4v) is 1.83. The Labute approximate surface area is 117 Å². The van der Waals surface area contributed by atoms with Gasteiger partial charge in [-0.15, -0.1) is 0 Å². The van der Waals surface area contributed by atoms with Crippen molar-refractivity contribution >= 4 is 11.4 Å². The van der Waals surface area contributed by atoms with Crippen molar-refractivity contribution in [3.05, 3.63) is 29.5 Å². The number of hydrogen-bond donors (Lipinski definition) is 2. The normalized spacial score (nSPS) is 10.4. The minimum atomic E-state index is 0.453. The fraction of sp³-hybridized carbons (Fsp3) is 0.357. The third-order valence-electron chi connectivity index (χ3n) is 3.06. The minimum Gasteiger partial charge on any atom is -0.493 e. The van der Waals surface area contributed by atoms with Crippen LogP contribution in [0.5, 0.6) is 11.5 Å². The van der Waals surface area contributed by atoms with Crippen LogP contribution in [0.4, 0.5) is 11.4 Å². The first kappa shape index (κ1) is 14.0. The van der Waals surface area contributed by atoms with E-state index in [1.54, 1.807) is 26.4 Å². The summed E-state index contributed by atoms with van der Waals surface area (Å²) in [6.07, 6.45) is 0. The van der Waals surface area contributed by atoms with Crippen LogP contribution in [0.2, 0.25) is 0 Å². The van der Waals surface area contributed by atoms with E-state index in [2.05, 4.69) is 10.3 Å². The Morgan fingerprint density at radius 3 is 2.40 bits per heavy atom. The highest BCUT2D eigenvalue weighted by molar-refractivity contribution is 5.71. The lowest BCUT2D eigenvalue weighted by Gasteiger charge is -2.13. The molecule has 0 spiro atoms. The molecule has 0 aliphatic rings. The number of nitrogens with zero attached hydrogens (tertiary/aromatic N) is 1. The molecule has 20 heavy (non-hydrogen) atoms. The molecule has 2 rings (SSSR count). The average molecular weight is 277 g/mol. The number of rotatable bonds is 5. The van der Waals surface area contributed by atoms with E-state index in [0.29, 0.717) is 29.6 Å². The van der Waals surface area contributed by atoms with Gasteiger partial charge in [-0.1, -0.05) is 0 Å². The van der Waals surface area contributed by atoms with Crippen LogP contribution in [0.1, 0.15) is 17.3 Å². The monoisotopic (exact) mass is 277 g/mol. The molecule has 0 aliphatic heterocycles. The average Bonchev–Trinajstić information content (AvgIpc) is 2.76. The van der Waals surface area contributed by atoms with Gasteiger partial charge in [0.15, 0.2) is 11.5 Å². The topological polar surface area (TPSA) is 82.5 Å². The van der Waals surface area contributed by atoms with Crippen molar-refractivity contribution in [1.29, 1.82) is 0 Å². The van der Waals surface area contributed by atoms with Gasteiger partial charge in [0.1, 0.15) is 5.76 Å². The molecule has 2 aromatic rings. The third-order valence-corrected chi connectivity index (χ3v) is 3.06. The van der Waals surface area contributed by atoms with Crippen LogP contribution >= 0.6 is 0 Å². The summed E-state index contributed by atoms with van der Waals surface area (Å²) in [5.74, 6) is 2.65. The van der Waals surface area contributed by atoms with Crippen LogP contribution in [-0.2, 0) is 6.54 Å². The largest absolute Gasteiger partial charge is 0.493 e. The third kappa shape index (κ3) is 2.79. The number of nitrogen functional groups attached to an aromatic ring is 1. The second-order valence-corrected chi connectivity index (χ2v) is 4.40. The quantitative estimate of drug-likeness (QED) is 0.817. The van der Waals surface area contributed by atoms with Crippen LogP contribution in [0.15, 0.2) is 16.5 Å². The second-order valence-electron chi connectivity index (χ2n) is 4.40. The molecular weight excluding hydrogens is 258 g/mol. The molecule has 0 atom stereocenters. The Morgan fingerprint density at radius 1 is 1.20 bits per heavy atom. The van der Waals surface area contributed by atoms with Crippen LogP contribution < -0.4 is 20.5 Å². The number of nitrogens with one attached hydrogen (secondary N) is 1. The predicted molar refractivity (Wildman–Crippen MR) is 77.3 cm³/mol. The van der Waals surface area contributed by atoms with E-state index < -0.39 is 0 Å². The summed E-state index contributed by atoms with van der Waals surface area (Å²) in [6, 6.07) is 3.50. The maximum Gasteiger partial charge on any atom is 0.213 e. The number of oxazole rings is 1. The van der Waals surface area contributed by atoms with Crippen molar-refractivity contribution < 1.29 is 13.9 Å². The lowest BCUT2D eigenvalue weighted by atomic mass is 10.2. The number of methoxy groups -OCH3 is 2. The van der Waals surface area contributed by atoms with Crippen molar-refractivity contribution in [2.24, 2.45) is 0 Å². The minimum absolute atomic E-state index is 0.453. The highest BCUT2D eigenvalue weighted by atomic mass is 16.5. The smallest absolute Gasteiger partial charge is 0.213 e. The van der Waals surface area contributed by atoms with Gasteiger partial charge in [0, 0.05) is 12.1 Å². The van der Waals surface area contributed by atoms with Gasteiger partial charge in [-0.3, -0.25) is 0 Å². The molecule has 0 radical (unpaired) electrons. The number of benzene rings is 1. The Morgan fingerprint density at radius 2 is 1.85 bits per heavy atom. The molecule has 0 aliphatic carbocycles. The lowest BCUT2D eigenvalue weighted by Crippen LogP contribution is -2.04. The van der Waals surface area contributed by atoms with E-state index >= 15 is 0 Å². The van der Waals surface area contributed by atoms with Gasteiger partial charge in [-0.25, -0.2) is 4.98 Å². The summed E-state index contributed by atoms with van der Waals surface area (Å²) in [5, 5.41) is 3.18. The maximum atomic E-state index is 5.97. The summed E-state index contributed by atoms with van der Waals surface area (Å²) < 4.78 is 15.9. The Hall–Kier alpha value is -2.37. The summed E-state index contributed by atoms with van der Waals surface area (Å²) in [4.78, 5) is 4.31. The van der Waals surface area contributed by atoms with Gasteiger partial charge < -0.3 is 24.9 Å². The molecule has 0 bridgehead atoms. The fourth-order valence-electron chi connectivity index (χ4n) is 1.83. The first-order valence-corrected chi connectivity index (χ1v) is 6.23. The van der Waals surface area contributed by atoms with Gasteiger partial charge in [0.2, 0.25) is 5.89 Å². The van der Waals surface area contributed by atoms with E-state index in [0.717, 1.165) is 17.1 Å². The van der Waals surface area contributed by atoms with Gasteiger partial charge in [0.25, 0.3) is 0 Å². The molecule has 6 nitrogen and oxygen atoms in total. The Balaban J connectivity index is 2.16. The molecule has 1 aromatic heterocycles. The standard InChI is InChI=1S/C14H19N3O3/c1-8-9(2)20-14(17-8)7-16-11-6-13(19-4)12(18-3)5-10(11)15/h5-6,16H,7,15H2,1-4H3. The SMILES string of the molecule is COc1cc(N)c(NCc2nc(C)c(C)o2)cc1OC. The predicted octanol–water partition coefficient (Wildman–Crippen LogP) is 2.50. The van der Waals surface area contributed by atoms with Gasteiger partial charge in [-0.2, -0.15) is 0 Å². The van der Waals surface area contributed by atoms with Crippen LogP contribution in [0, 0.1) is 13.8 Å². The first-order chi connectivity index (χ1) is 9.55. The second kappa shape index (κ2) is 5.73. The molecule has 0 saturated carbocycles. The first-order valence-electron chi connectivity index (χ1n) is 6.23. The number of anilines is 2. The van der Waals surface area contributed by atoms with E-state index in [4.69, 9.17) is 19.6 Å². The molecule has 0 saturated heterocycles. The number of ether oxygens (including phenoxy) is 2. The molecule has 1 heterocycles. The highest BCUT2D eigenvalue weighted by Gasteiger charge is 2.10. The number of aromatic nitrogens is 1. The molecule has 0 fully saturated rings. The molecule has 3 N–H and O–H groups in total. The van der Waals surface area contributed by atoms with Crippen molar-refractivity contribution in [2.45, 2.75) is 20.4 Å². The molecule has 1 aromatic carbocycles. The van der Waals surface area contributed by atoms with Crippen molar-refractivity contribution in [3.8, 4) is 11.5 Å². The molecular formula is C14H19N3O3. The Kier molecular flexibility index (Phi) is 4.02. The summed E-state index contributed by atoms with van der Waals surface area (Å²) in [7, 11) is 3.15. The number of hydrogen-bond acceptors (Lipinski definition) is 6. The molecule has 0 amide bonds. The van der Waals surface area contributed by atoms with Crippen molar-refractivity contribution in [2.75, 3.05) is 25.3 Å². The van der Waals surface area contributed by atoms with Gasteiger partial charge >= 0.3 is 0 Å². The van der Waals surface area contributed by atoms with Crippen LogP contribution in [-0.4, -0.2) is 19.2 Å². The zero-order valence-corrected chi connectivity index (χ0v) is 12.1. The van der Waals surface area contributed by atoms with E-state index in [-0.39, 0.29) is 0 Å². The number of aryl methyl sites for hydroxylation is 2. The molecule has 108 valence electrons. The zero-order valence-electron chi connectivity index (χ0n) is 12.1. The van der Waals surface area contributed by atoms with E-state index in [9.17, 15) is 0 Å². The van der Waals surface area contributed by atoms with Crippen molar-refractivity contribution in [3.63, 3.8) is 0 Å². The molecule has 0 unspecified atom stereocenters. The highest BCUT2D eigenvalue weighted by Crippen LogP contribution is 2.34. The number of nitrogens with two attached hydrogens (primary N) is 1. The van der Waals surface area contributed by atoms with Gasteiger partial charge in [0.05, 0.1) is 37.8 Å². The summed E-state index contributed by atoms with van der Waals surface area (Å²) >= 11 is 0. The zero-order chi connectivity index (χ0) is 14.7. The van der Waals surface area contributed by atoms with Crippen molar-refractivity contribution in [1.82, 2.24) is 4.98 Å². The van der Waals surface area contributed by atoms with E-state index in [1.807, 2.05) is 13.8 Å². The lowest BCUT2D eigenvalue weighted by molar-refractivity contribution is 0.355. The van der Waals surface area contributed by atoms with Crippen LogP contribution in [0.3, 0.4) is 0 Å². The Bertz CT molecular complexity index is 588. The van der Waals surface area contributed by atoms with Crippen LogP contribution in [0.25, 0.3) is 0 Å². The summed E-state index contributed by atoms with van der Waals surface area (Å²) in [6.45, 7) is 4.25. The molecule has 6 heteroatoms. The van der Waals surface area contributed by atoms with E-state index in [1.165, 1.54) is 0 Å². The maximum absolute atomic E-state index is 5.97. The summed E-state index contributed by atoms with van der Waals surface area (Å²) in [5.41, 5.74) is 8.18.